The van der Waals surface area contributed by atoms with E-state index in [0.717, 1.165) is 23.9 Å². The third kappa shape index (κ3) is 5.12. The Morgan fingerprint density at radius 2 is 1.88 bits per heavy atom. The van der Waals surface area contributed by atoms with Crippen LogP contribution in [0.1, 0.15) is 5.56 Å². The Bertz CT molecular complexity index is 810. The molecule has 0 aliphatic carbocycles. The lowest BCUT2D eigenvalue weighted by Gasteiger charge is -2.09. The van der Waals surface area contributed by atoms with Gasteiger partial charge >= 0.3 is 6.18 Å². The van der Waals surface area contributed by atoms with Crippen molar-refractivity contribution in [3.05, 3.63) is 58.1 Å². The molecule has 0 aliphatic heterocycles. The average molecular weight is 386 g/mol. The standard InChI is InChI=1S/C16H13F3N2O4S/c1-25-12-5-3-11(4-6-12)20-15(22)9-26-14-7-2-10(16(17,18)19)8-13(14)21(23)24/h2-8H,9H2,1H3,(H,20,22). The van der Waals surface area contributed by atoms with Gasteiger partial charge in [-0.3, -0.25) is 14.9 Å². The zero-order valence-electron chi connectivity index (χ0n) is 13.4. The molecule has 0 aliphatic rings. The Kier molecular flexibility index (Phi) is 6.09. The van der Waals surface area contributed by atoms with E-state index in [1.807, 2.05) is 0 Å². The van der Waals surface area contributed by atoms with Gasteiger partial charge in [-0.15, -0.1) is 11.8 Å². The van der Waals surface area contributed by atoms with Crippen molar-refractivity contribution in [2.75, 3.05) is 18.2 Å². The number of alkyl halides is 3. The Balaban J connectivity index is 2.05. The summed E-state index contributed by atoms with van der Waals surface area (Å²) in [4.78, 5) is 22.0. The van der Waals surface area contributed by atoms with E-state index in [9.17, 15) is 28.1 Å². The molecule has 0 saturated heterocycles. The summed E-state index contributed by atoms with van der Waals surface area (Å²) in [5.41, 5.74) is -1.31. The zero-order valence-corrected chi connectivity index (χ0v) is 14.2. The monoisotopic (exact) mass is 386 g/mol. The number of rotatable bonds is 6. The predicted molar refractivity (Wildman–Crippen MR) is 90.4 cm³/mol. The summed E-state index contributed by atoms with van der Waals surface area (Å²) in [5.74, 6) is -0.0368. The van der Waals surface area contributed by atoms with E-state index >= 15 is 0 Å². The summed E-state index contributed by atoms with van der Waals surface area (Å²) in [5, 5.41) is 13.6. The van der Waals surface area contributed by atoms with Crippen molar-refractivity contribution in [1.82, 2.24) is 0 Å². The van der Waals surface area contributed by atoms with E-state index in [0.29, 0.717) is 17.5 Å². The van der Waals surface area contributed by atoms with E-state index in [-0.39, 0.29) is 10.6 Å². The molecule has 2 rings (SSSR count). The number of methoxy groups -OCH3 is 1. The summed E-state index contributed by atoms with van der Waals surface area (Å²) in [6.45, 7) is 0. The molecule has 2 aromatic carbocycles. The van der Waals surface area contributed by atoms with Crippen molar-refractivity contribution >= 4 is 29.0 Å². The molecule has 0 unspecified atom stereocenters. The molecule has 0 radical (unpaired) electrons. The smallest absolute Gasteiger partial charge is 0.416 e. The average Bonchev–Trinajstić information content (AvgIpc) is 2.59. The molecule has 0 atom stereocenters. The number of nitro groups is 1. The number of thioether (sulfide) groups is 1. The number of halogens is 3. The Labute approximate surface area is 150 Å². The number of hydrogen-bond donors (Lipinski definition) is 1. The first-order valence-electron chi connectivity index (χ1n) is 7.13. The first-order chi connectivity index (χ1) is 12.2. The Morgan fingerprint density at radius 1 is 1.23 bits per heavy atom. The van der Waals surface area contributed by atoms with Crippen molar-refractivity contribution < 1.29 is 27.6 Å². The molecule has 0 spiro atoms. The first kappa shape index (κ1) is 19.6. The Hall–Kier alpha value is -2.75. The van der Waals surface area contributed by atoms with Crippen LogP contribution in [0, 0.1) is 10.1 Å². The van der Waals surface area contributed by atoms with Gasteiger partial charge in [0.15, 0.2) is 0 Å². The number of carbonyl (C=O) groups is 1. The van der Waals surface area contributed by atoms with E-state index < -0.39 is 28.3 Å². The highest BCUT2D eigenvalue weighted by molar-refractivity contribution is 8.00. The van der Waals surface area contributed by atoms with Crippen LogP contribution in [0.5, 0.6) is 5.75 Å². The van der Waals surface area contributed by atoms with Gasteiger partial charge in [-0.2, -0.15) is 13.2 Å². The molecular weight excluding hydrogens is 373 g/mol. The van der Waals surface area contributed by atoms with E-state index in [1.54, 1.807) is 24.3 Å². The van der Waals surface area contributed by atoms with Crippen molar-refractivity contribution in [2.24, 2.45) is 0 Å². The van der Waals surface area contributed by atoms with Gasteiger partial charge in [0.1, 0.15) is 5.75 Å². The maximum atomic E-state index is 12.7. The van der Waals surface area contributed by atoms with Gasteiger partial charge in [0.2, 0.25) is 5.91 Å². The molecule has 0 bridgehead atoms. The molecule has 1 N–H and O–H groups in total. The minimum Gasteiger partial charge on any atom is -0.497 e. The normalized spacial score (nSPS) is 11.1. The van der Waals surface area contributed by atoms with Crippen LogP contribution in [0.4, 0.5) is 24.5 Å². The summed E-state index contributed by atoms with van der Waals surface area (Å²) in [7, 11) is 1.50. The van der Waals surface area contributed by atoms with Crippen LogP contribution in [0.25, 0.3) is 0 Å². The SMILES string of the molecule is COc1ccc(NC(=O)CSc2ccc(C(F)(F)F)cc2[N+](=O)[O-])cc1. The Morgan fingerprint density at radius 3 is 2.42 bits per heavy atom. The molecule has 138 valence electrons. The second-order valence-corrected chi connectivity index (χ2v) is 6.02. The quantitative estimate of drug-likeness (QED) is 0.453. The maximum Gasteiger partial charge on any atom is 0.416 e. The number of nitro benzene ring substituents is 1. The molecular formula is C16H13F3N2O4S. The molecule has 26 heavy (non-hydrogen) atoms. The lowest BCUT2D eigenvalue weighted by atomic mass is 10.2. The third-order valence-corrected chi connectivity index (χ3v) is 4.28. The van der Waals surface area contributed by atoms with Crippen LogP contribution in [0.15, 0.2) is 47.4 Å². The van der Waals surface area contributed by atoms with Crippen LogP contribution in [0.2, 0.25) is 0 Å². The molecule has 10 heteroatoms. The molecule has 0 aromatic heterocycles. The second-order valence-electron chi connectivity index (χ2n) is 5.00. The van der Waals surface area contributed by atoms with Gasteiger partial charge in [-0.1, -0.05) is 0 Å². The first-order valence-corrected chi connectivity index (χ1v) is 8.11. The highest BCUT2D eigenvalue weighted by Gasteiger charge is 2.33. The lowest BCUT2D eigenvalue weighted by Crippen LogP contribution is -2.14. The van der Waals surface area contributed by atoms with E-state index in [2.05, 4.69) is 5.32 Å². The van der Waals surface area contributed by atoms with Crippen LogP contribution in [0.3, 0.4) is 0 Å². The topological polar surface area (TPSA) is 81.5 Å². The van der Waals surface area contributed by atoms with Crippen LogP contribution in [-0.4, -0.2) is 23.7 Å². The number of amides is 1. The fourth-order valence-electron chi connectivity index (χ4n) is 1.97. The summed E-state index contributed by atoms with van der Waals surface area (Å²) in [6, 6.07) is 8.71. The van der Waals surface area contributed by atoms with E-state index in [1.165, 1.54) is 7.11 Å². The second kappa shape index (κ2) is 8.09. The zero-order chi connectivity index (χ0) is 19.3. The molecule has 1 amide bonds. The molecule has 0 saturated carbocycles. The molecule has 0 heterocycles. The van der Waals surface area contributed by atoms with Crippen molar-refractivity contribution in [1.29, 1.82) is 0 Å². The van der Waals surface area contributed by atoms with Gasteiger partial charge < -0.3 is 10.1 Å². The van der Waals surface area contributed by atoms with Crippen LogP contribution in [-0.2, 0) is 11.0 Å². The van der Waals surface area contributed by atoms with Crippen molar-refractivity contribution in [3.63, 3.8) is 0 Å². The largest absolute Gasteiger partial charge is 0.497 e. The lowest BCUT2D eigenvalue weighted by molar-refractivity contribution is -0.388. The van der Waals surface area contributed by atoms with Gasteiger partial charge in [0.25, 0.3) is 5.69 Å². The van der Waals surface area contributed by atoms with Gasteiger partial charge in [-0.05, 0) is 36.4 Å². The van der Waals surface area contributed by atoms with Gasteiger partial charge in [0.05, 0.1) is 28.2 Å². The summed E-state index contributed by atoms with van der Waals surface area (Å²) in [6.07, 6.45) is -4.68. The van der Waals surface area contributed by atoms with Gasteiger partial charge in [0, 0.05) is 11.8 Å². The highest BCUT2D eigenvalue weighted by atomic mass is 32.2. The number of anilines is 1. The van der Waals surface area contributed by atoms with Crippen LogP contribution >= 0.6 is 11.8 Å². The number of carbonyl (C=O) groups excluding carboxylic acids is 1. The number of nitrogens with one attached hydrogen (secondary N) is 1. The van der Waals surface area contributed by atoms with Crippen molar-refractivity contribution in [2.45, 2.75) is 11.1 Å². The number of hydrogen-bond acceptors (Lipinski definition) is 5. The number of ether oxygens (including phenoxy) is 1. The number of nitrogens with zero attached hydrogens (tertiary/aromatic N) is 1. The van der Waals surface area contributed by atoms with Crippen LogP contribution < -0.4 is 10.1 Å². The molecule has 6 nitrogen and oxygen atoms in total. The molecule has 2 aromatic rings. The van der Waals surface area contributed by atoms with Gasteiger partial charge in [-0.25, -0.2) is 0 Å². The summed E-state index contributed by atoms with van der Waals surface area (Å²) < 4.78 is 43.0. The maximum absolute atomic E-state index is 12.7. The highest BCUT2D eigenvalue weighted by Crippen LogP contribution is 2.36. The fourth-order valence-corrected chi connectivity index (χ4v) is 2.78. The van der Waals surface area contributed by atoms with Crippen molar-refractivity contribution in [3.8, 4) is 5.75 Å². The minimum absolute atomic E-state index is 0.0205. The minimum atomic E-state index is -4.68. The summed E-state index contributed by atoms with van der Waals surface area (Å²) >= 11 is 0.784. The molecule has 0 fully saturated rings. The predicted octanol–water partition coefficient (Wildman–Crippen LogP) is 4.35. The van der Waals surface area contributed by atoms with E-state index in [4.69, 9.17) is 4.74 Å². The number of benzene rings is 2. The third-order valence-electron chi connectivity index (χ3n) is 3.22. The fraction of sp³-hybridized carbons (Fsp3) is 0.188.